The minimum Gasteiger partial charge on any atom is -0.362 e. The van der Waals surface area contributed by atoms with Gasteiger partial charge in [0.05, 0.1) is 0 Å². The topological polar surface area (TPSA) is 52.6 Å². The fourth-order valence-corrected chi connectivity index (χ4v) is 1.62. The van der Waals surface area contributed by atoms with Crippen molar-refractivity contribution in [3.63, 3.8) is 0 Å². The van der Waals surface area contributed by atoms with E-state index in [2.05, 4.69) is 40.5 Å². The number of hydrogen-bond acceptors (Lipinski definition) is 3. The highest BCUT2D eigenvalue weighted by molar-refractivity contribution is 5.80. The molecule has 0 aliphatic heterocycles. The lowest BCUT2D eigenvalue weighted by molar-refractivity contribution is 0.699. The molecular formula is C13H23N5. The van der Waals surface area contributed by atoms with Gasteiger partial charge in [-0.1, -0.05) is 6.07 Å². The molecule has 1 heterocycles. The van der Waals surface area contributed by atoms with Crippen molar-refractivity contribution in [1.29, 1.82) is 0 Å². The first-order valence-electron chi connectivity index (χ1n) is 6.13. The van der Waals surface area contributed by atoms with E-state index in [9.17, 15) is 0 Å². The lowest BCUT2D eigenvalue weighted by Gasteiger charge is -2.18. The molecule has 100 valence electrons. The monoisotopic (exact) mass is 249 g/mol. The van der Waals surface area contributed by atoms with E-state index >= 15 is 0 Å². The zero-order valence-electron chi connectivity index (χ0n) is 11.9. The van der Waals surface area contributed by atoms with Gasteiger partial charge in [0.25, 0.3) is 0 Å². The molecule has 0 amide bonds. The van der Waals surface area contributed by atoms with Gasteiger partial charge in [-0.2, -0.15) is 0 Å². The van der Waals surface area contributed by atoms with E-state index < -0.39 is 0 Å². The first-order chi connectivity index (χ1) is 8.54. The van der Waals surface area contributed by atoms with Crippen molar-refractivity contribution >= 4 is 11.8 Å². The second-order valence-corrected chi connectivity index (χ2v) is 4.61. The Morgan fingerprint density at radius 3 is 2.72 bits per heavy atom. The number of rotatable bonds is 4. The lowest BCUT2D eigenvalue weighted by atomic mass is 10.2. The van der Waals surface area contributed by atoms with E-state index in [1.165, 1.54) is 0 Å². The number of aliphatic imine (C=N–C) groups is 1. The number of anilines is 1. The van der Waals surface area contributed by atoms with Crippen molar-refractivity contribution in [2.75, 3.05) is 26.0 Å². The maximum Gasteiger partial charge on any atom is 0.191 e. The Morgan fingerprint density at radius 2 is 2.17 bits per heavy atom. The largest absolute Gasteiger partial charge is 0.362 e. The van der Waals surface area contributed by atoms with E-state index in [4.69, 9.17) is 0 Å². The maximum absolute atomic E-state index is 4.37. The van der Waals surface area contributed by atoms with Gasteiger partial charge in [0.2, 0.25) is 0 Å². The predicted octanol–water partition coefficient (Wildman–Crippen LogP) is 1.22. The van der Waals surface area contributed by atoms with Crippen LogP contribution in [0.4, 0.5) is 5.82 Å². The zero-order valence-corrected chi connectivity index (χ0v) is 11.9. The van der Waals surface area contributed by atoms with Gasteiger partial charge < -0.3 is 15.5 Å². The van der Waals surface area contributed by atoms with Gasteiger partial charge in [0.15, 0.2) is 5.96 Å². The minimum absolute atomic E-state index is 0.360. The molecule has 0 fully saturated rings. The summed E-state index contributed by atoms with van der Waals surface area (Å²) in [5.41, 5.74) is 1.15. The third-order valence-electron chi connectivity index (χ3n) is 2.39. The van der Waals surface area contributed by atoms with Crippen LogP contribution >= 0.6 is 0 Å². The normalized spacial score (nSPS) is 11.6. The smallest absolute Gasteiger partial charge is 0.191 e. The van der Waals surface area contributed by atoms with E-state index in [1.54, 1.807) is 13.2 Å². The zero-order chi connectivity index (χ0) is 13.5. The number of guanidine groups is 1. The van der Waals surface area contributed by atoms with Crippen LogP contribution in [0.2, 0.25) is 0 Å². The summed E-state index contributed by atoms with van der Waals surface area (Å²) in [4.78, 5) is 10.6. The van der Waals surface area contributed by atoms with E-state index in [1.807, 2.05) is 25.1 Å². The fourth-order valence-electron chi connectivity index (χ4n) is 1.62. The third-order valence-corrected chi connectivity index (χ3v) is 2.39. The Kier molecular flexibility index (Phi) is 5.42. The molecule has 5 heteroatoms. The van der Waals surface area contributed by atoms with Crippen LogP contribution in [0.5, 0.6) is 0 Å². The highest BCUT2D eigenvalue weighted by atomic mass is 15.2. The van der Waals surface area contributed by atoms with Gasteiger partial charge in [-0.3, -0.25) is 4.99 Å². The maximum atomic E-state index is 4.37. The van der Waals surface area contributed by atoms with Gasteiger partial charge in [-0.05, 0) is 19.9 Å². The van der Waals surface area contributed by atoms with Crippen LogP contribution in [-0.2, 0) is 6.54 Å². The van der Waals surface area contributed by atoms with Gasteiger partial charge in [0, 0.05) is 45.5 Å². The Morgan fingerprint density at radius 1 is 1.44 bits per heavy atom. The van der Waals surface area contributed by atoms with Crippen molar-refractivity contribution in [1.82, 2.24) is 15.6 Å². The number of pyridine rings is 1. The van der Waals surface area contributed by atoms with Crippen molar-refractivity contribution in [3.8, 4) is 0 Å². The summed E-state index contributed by atoms with van der Waals surface area (Å²) in [6.45, 7) is 4.87. The summed E-state index contributed by atoms with van der Waals surface area (Å²) >= 11 is 0. The molecule has 1 aromatic rings. The fraction of sp³-hybridized carbons (Fsp3) is 0.538. The van der Waals surface area contributed by atoms with E-state index in [0.29, 0.717) is 12.6 Å². The number of nitrogens with one attached hydrogen (secondary N) is 2. The van der Waals surface area contributed by atoms with Crippen LogP contribution in [0.15, 0.2) is 23.3 Å². The average molecular weight is 249 g/mol. The number of aromatic nitrogens is 1. The third kappa shape index (κ3) is 4.24. The van der Waals surface area contributed by atoms with E-state index in [0.717, 1.165) is 17.3 Å². The van der Waals surface area contributed by atoms with Crippen LogP contribution in [0.3, 0.4) is 0 Å². The first-order valence-corrected chi connectivity index (χ1v) is 6.13. The molecule has 1 aromatic heterocycles. The second kappa shape index (κ2) is 6.83. The molecule has 18 heavy (non-hydrogen) atoms. The van der Waals surface area contributed by atoms with Gasteiger partial charge >= 0.3 is 0 Å². The Labute approximate surface area is 109 Å². The summed E-state index contributed by atoms with van der Waals surface area (Å²) in [5.74, 6) is 1.78. The molecule has 0 atom stereocenters. The summed E-state index contributed by atoms with van der Waals surface area (Å²) in [5, 5.41) is 6.54. The summed E-state index contributed by atoms with van der Waals surface area (Å²) in [7, 11) is 5.76. The summed E-state index contributed by atoms with van der Waals surface area (Å²) in [6, 6.07) is 4.37. The molecule has 0 aliphatic rings. The van der Waals surface area contributed by atoms with E-state index in [-0.39, 0.29) is 0 Å². The Hall–Kier alpha value is -1.78. The quantitative estimate of drug-likeness (QED) is 0.622. The lowest BCUT2D eigenvalue weighted by Crippen LogP contribution is -2.40. The minimum atomic E-state index is 0.360. The van der Waals surface area contributed by atoms with Gasteiger partial charge in [-0.25, -0.2) is 4.98 Å². The predicted molar refractivity (Wildman–Crippen MR) is 77.0 cm³/mol. The Bertz CT molecular complexity index is 398. The molecule has 0 aromatic carbocycles. The van der Waals surface area contributed by atoms with Crippen molar-refractivity contribution in [2.24, 2.45) is 4.99 Å². The SMILES string of the molecule is CN=C(NCc1cccnc1N(C)C)NC(C)C. The molecule has 0 saturated heterocycles. The molecule has 0 radical (unpaired) electrons. The number of nitrogens with zero attached hydrogens (tertiary/aromatic N) is 3. The second-order valence-electron chi connectivity index (χ2n) is 4.61. The van der Waals surface area contributed by atoms with Crippen molar-refractivity contribution in [3.05, 3.63) is 23.9 Å². The average Bonchev–Trinajstić information content (AvgIpc) is 2.34. The van der Waals surface area contributed by atoms with Gasteiger partial charge in [-0.15, -0.1) is 0 Å². The van der Waals surface area contributed by atoms with Crippen molar-refractivity contribution in [2.45, 2.75) is 26.4 Å². The van der Waals surface area contributed by atoms with Crippen LogP contribution in [0.1, 0.15) is 19.4 Å². The molecule has 0 saturated carbocycles. The van der Waals surface area contributed by atoms with Crippen LogP contribution in [0.25, 0.3) is 0 Å². The first kappa shape index (κ1) is 14.3. The Balaban J connectivity index is 2.68. The molecule has 5 nitrogen and oxygen atoms in total. The van der Waals surface area contributed by atoms with Crippen LogP contribution < -0.4 is 15.5 Å². The molecule has 0 bridgehead atoms. The van der Waals surface area contributed by atoms with Gasteiger partial charge in [0.1, 0.15) is 5.82 Å². The molecule has 0 spiro atoms. The van der Waals surface area contributed by atoms with Crippen LogP contribution in [-0.4, -0.2) is 38.1 Å². The molecule has 0 aliphatic carbocycles. The highest BCUT2D eigenvalue weighted by Gasteiger charge is 2.06. The van der Waals surface area contributed by atoms with Crippen molar-refractivity contribution < 1.29 is 0 Å². The number of hydrogen-bond donors (Lipinski definition) is 2. The molecule has 2 N–H and O–H groups in total. The summed E-state index contributed by atoms with van der Waals surface area (Å²) in [6.07, 6.45) is 1.81. The standard InChI is InChI=1S/C13H23N5/c1-10(2)17-13(14-3)16-9-11-7-6-8-15-12(11)18(4)5/h6-8,10H,9H2,1-5H3,(H2,14,16,17). The molecule has 1 rings (SSSR count). The van der Waals surface area contributed by atoms with Crippen LogP contribution in [0, 0.1) is 0 Å². The molecule has 0 unspecified atom stereocenters. The molecular weight excluding hydrogens is 226 g/mol. The highest BCUT2D eigenvalue weighted by Crippen LogP contribution is 2.13. The summed E-state index contributed by atoms with van der Waals surface area (Å²) < 4.78 is 0.